The van der Waals surface area contributed by atoms with Crippen LogP contribution in [0, 0.1) is 5.41 Å². The number of nitrogens with zero attached hydrogens (tertiary/aromatic N) is 8. The van der Waals surface area contributed by atoms with Gasteiger partial charge in [-0.1, -0.05) is 0 Å². The summed E-state index contributed by atoms with van der Waals surface area (Å²) in [5.74, 6) is -1.79. The molecule has 0 saturated carbocycles. The average molecular weight is 776 g/mol. The molecule has 57 heavy (non-hydrogen) atoms. The third-order valence-electron chi connectivity index (χ3n) is 12.6. The molecule has 9 rings (SSSR count). The highest BCUT2D eigenvalue weighted by Crippen LogP contribution is 2.44. The van der Waals surface area contributed by atoms with Crippen LogP contribution in [0.15, 0.2) is 48.7 Å². The number of rotatable bonds is 8. The number of likely N-dealkylation sites (N-methyl/N-ethyl adjacent to an activating group) is 1. The van der Waals surface area contributed by atoms with Gasteiger partial charge in [0.1, 0.15) is 11.9 Å². The summed E-state index contributed by atoms with van der Waals surface area (Å²) in [6.07, 6.45) is 5.62. The molecule has 2 atom stereocenters. The summed E-state index contributed by atoms with van der Waals surface area (Å²) in [5, 5.41) is 5.51. The van der Waals surface area contributed by atoms with E-state index >= 15 is 0 Å². The van der Waals surface area contributed by atoms with Crippen molar-refractivity contribution in [2.75, 3.05) is 79.4 Å². The van der Waals surface area contributed by atoms with Crippen LogP contribution in [0.4, 0.5) is 33.5 Å². The largest absolute Gasteiger partial charge is 0.371 e. The Morgan fingerprint density at radius 1 is 0.860 bits per heavy atom. The quantitative estimate of drug-likeness (QED) is 0.283. The van der Waals surface area contributed by atoms with Gasteiger partial charge >= 0.3 is 6.03 Å². The molecule has 1 aromatic heterocycles. The van der Waals surface area contributed by atoms with Crippen molar-refractivity contribution >= 4 is 64.3 Å². The van der Waals surface area contributed by atoms with E-state index in [2.05, 4.69) is 42.5 Å². The maximum Gasteiger partial charge on any atom is 0.320 e. The van der Waals surface area contributed by atoms with Crippen LogP contribution < -0.4 is 31.1 Å². The van der Waals surface area contributed by atoms with Crippen molar-refractivity contribution in [3.63, 3.8) is 0 Å². The van der Waals surface area contributed by atoms with E-state index < -0.39 is 35.6 Å². The molecule has 0 aliphatic carbocycles. The van der Waals surface area contributed by atoms with E-state index in [0.717, 1.165) is 86.9 Å². The molecule has 2 aromatic carbocycles. The number of aromatic nitrogens is 2. The van der Waals surface area contributed by atoms with Gasteiger partial charge in [-0.2, -0.15) is 0 Å². The third-order valence-corrected chi connectivity index (χ3v) is 12.6. The second-order valence-corrected chi connectivity index (χ2v) is 16.1. The third kappa shape index (κ3) is 6.53. The lowest BCUT2D eigenvalue weighted by Gasteiger charge is -2.55. The lowest BCUT2D eigenvalue weighted by Crippen LogP contribution is -2.60. The lowest BCUT2D eigenvalue weighted by atomic mass is 9.71. The van der Waals surface area contributed by atoms with Crippen LogP contribution in [0.1, 0.15) is 69.7 Å². The van der Waals surface area contributed by atoms with Gasteiger partial charge in [-0.05, 0) is 74.6 Å². The highest BCUT2D eigenvalue weighted by atomic mass is 16.2. The number of fused-ring (bicyclic) bond motifs is 1. The molecule has 296 valence electrons. The monoisotopic (exact) mass is 775 g/mol. The minimum atomic E-state index is -0.985. The van der Waals surface area contributed by atoms with Gasteiger partial charge in [0.05, 0.1) is 23.4 Å². The molecular weight excluding hydrogens is 731 g/mol. The van der Waals surface area contributed by atoms with Gasteiger partial charge in [0, 0.05) is 88.3 Å². The van der Waals surface area contributed by atoms with Gasteiger partial charge in [-0.15, -0.1) is 0 Å². The van der Waals surface area contributed by atoms with E-state index in [-0.39, 0.29) is 47.4 Å². The fourth-order valence-corrected chi connectivity index (χ4v) is 9.27. The van der Waals surface area contributed by atoms with Crippen LogP contribution in [0.25, 0.3) is 0 Å². The second-order valence-electron chi connectivity index (χ2n) is 16.1. The van der Waals surface area contributed by atoms with Crippen LogP contribution in [0.5, 0.6) is 0 Å². The molecule has 5 saturated heterocycles. The summed E-state index contributed by atoms with van der Waals surface area (Å²) in [4.78, 5) is 96.2. The van der Waals surface area contributed by atoms with Crippen LogP contribution in [0.2, 0.25) is 0 Å². The number of anilines is 5. The van der Waals surface area contributed by atoms with E-state index in [0.29, 0.717) is 24.5 Å². The first-order valence-corrected chi connectivity index (χ1v) is 19.6. The number of imide groups is 2. The summed E-state index contributed by atoms with van der Waals surface area (Å²) >= 11 is 0. The Hall–Kier alpha value is -6.26. The highest BCUT2D eigenvalue weighted by molar-refractivity contribution is 6.23. The zero-order valence-electron chi connectivity index (χ0n) is 31.8. The first kappa shape index (κ1) is 36.4. The van der Waals surface area contributed by atoms with E-state index in [1.807, 2.05) is 30.1 Å². The number of carbonyl (C=O) groups is 6. The number of nitrogens with one attached hydrogen (secondary N) is 2. The molecule has 7 heterocycles. The maximum atomic E-state index is 13.3. The molecule has 1 unspecified atom stereocenters. The van der Waals surface area contributed by atoms with Gasteiger partial charge in [0.15, 0.2) is 11.5 Å². The SMILES string of the molecule is CN1CCN([C@H]2CCCN(c3cnc(C(N)=O)c(Nc4ccc(N5CCC6(CC5)CN(c5ccc7c(c5)C(=O)N(C5CCC(=O)NC5=O)C7=O)C6)cc4)n3)C2)C1=O. The predicted molar refractivity (Wildman–Crippen MR) is 209 cm³/mol. The van der Waals surface area contributed by atoms with Crippen molar-refractivity contribution in [1.29, 1.82) is 0 Å². The summed E-state index contributed by atoms with van der Waals surface area (Å²) < 4.78 is 0. The molecule has 4 N–H and O–H groups in total. The predicted octanol–water partition coefficient (Wildman–Crippen LogP) is 2.16. The maximum absolute atomic E-state index is 13.3. The molecular formula is C40H45N11O6. The molecule has 1 spiro atoms. The van der Waals surface area contributed by atoms with Gasteiger partial charge in [0.25, 0.3) is 17.7 Å². The fraction of sp³-hybridized carbons (Fsp3) is 0.450. The Morgan fingerprint density at radius 2 is 1.60 bits per heavy atom. The molecule has 6 aliphatic rings. The number of nitrogens with two attached hydrogens (primary N) is 1. The normalized spacial score (nSPS) is 23.3. The minimum absolute atomic E-state index is 0.0521. The first-order chi connectivity index (χ1) is 27.5. The second kappa shape index (κ2) is 14.0. The number of hydrogen-bond donors (Lipinski definition) is 3. The molecule has 17 nitrogen and oxygen atoms in total. The molecule has 3 aromatic rings. The van der Waals surface area contributed by atoms with Crippen LogP contribution in [0.3, 0.4) is 0 Å². The smallest absolute Gasteiger partial charge is 0.320 e. The van der Waals surface area contributed by atoms with Crippen LogP contribution >= 0.6 is 0 Å². The Balaban J connectivity index is 0.806. The number of carbonyl (C=O) groups excluding carboxylic acids is 6. The molecule has 5 fully saturated rings. The number of urea groups is 1. The first-order valence-electron chi connectivity index (χ1n) is 19.6. The van der Waals surface area contributed by atoms with Crippen LogP contribution in [-0.4, -0.2) is 132 Å². The number of primary amides is 1. The minimum Gasteiger partial charge on any atom is -0.371 e. The Bertz CT molecular complexity index is 2180. The van der Waals surface area contributed by atoms with Gasteiger partial charge in [-0.3, -0.25) is 34.2 Å². The van der Waals surface area contributed by atoms with Crippen molar-refractivity contribution in [1.82, 2.24) is 30.0 Å². The van der Waals surface area contributed by atoms with E-state index in [1.165, 1.54) is 0 Å². The Morgan fingerprint density at radius 3 is 2.30 bits per heavy atom. The van der Waals surface area contributed by atoms with Gasteiger partial charge in [-0.25, -0.2) is 14.8 Å². The highest BCUT2D eigenvalue weighted by Gasteiger charge is 2.47. The van der Waals surface area contributed by atoms with Crippen molar-refractivity contribution in [3.05, 3.63) is 65.5 Å². The topological polar surface area (TPSA) is 198 Å². The summed E-state index contributed by atoms with van der Waals surface area (Å²) in [6, 6.07) is 12.5. The van der Waals surface area contributed by atoms with Gasteiger partial charge < -0.3 is 35.6 Å². The molecule has 0 radical (unpaired) electrons. The van der Waals surface area contributed by atoms with E-state index in [4.69, 9.17) is 10.7 Å². The molecule has 7 amide bonds. The van der Waals surface area contributed by atoms with Gasteiger partial charge in [0.2, 0.25) is 11.8 Å². The Kier molecular flexibility index (Phi) is 8.96. The number of benzene rings is 2. The van der Waals surface area contributed by atoms with Crippen LogP contribution in [-0.2, 0) is 9.59 Å². The standard InChI is InChI=1S/C40H45N11O6/c1-46-17-18-50(39(46)57)27-3-2-14-48(21-27)31-20-42-33(34(41)53)35(44-31)43-24-4-6-25(7-5-24)47-15-12-40(13-16-47)22-49(23-40)26-8-9-28-29(19-26)38(56)51(37(28)55)30-10-11-32(52)45-36(30)54/h4-9,19-20,27,30H,2-3,10-18,21-23H2,1H3,(H2,41,53)(H,43,44)(H,45,52,54)/t27-,30?/m0/s1. The number of amides is 7. The zero-order valence-corrected chi connectivity index (χ0v) is 31.8. The number of hydrogen-bond acceptors (Lipinski definition) is 12. The van der Waals surface area contributed by atoms with E-state index in [1.54, 1.807) is 23.2 Å². The molecule has 6 aliphatic heterocycles. The summed E-state index contributed by atoms with van der Waals surface area (Å²) in [7, 11) is 1.82. The van der Waals surface area contributed by atoms with Crippen molar-refractivity contribution in [3.8, 4) is 0 Å². The van der Waals surface area contributed by atoms with Crippen molar-refractivity contribution in [2.45, 2.75) is 50.6 Å². The molecule has 17 heteroatoms. The van der Waals surface area contributed by atoms with Crippen molar-refractivity contribution in [2.24, 2.45) is 11.1 Å². The van der Waals surface area contributed by atoms with Crippen molar-refractivity contribution < 1.29 is 28.8 Å². The lowest BCUT2D eigenvalue weighted by molar-refractivity contribution is -0.136. The summed E-state index contributed by atoms with van der Waals surface area (Å²) in [5.41, 5.74) is 9.18. The zero-order chi connectivity index (χ0) is 39.6. The Labute approximate surface area is 329 Å². The fourth-order valence-electron chi connectivity index (χ4n) is 9.27. The summed E-state index contributed by atoms with van der Waals surface area (Å²) in [6.45, 7) is 6.29. The number of piperidine rings is 3. The molecule has 0 bridgehead atoms. The average Bonchev–Trinajstić information content (AvgIpc) is 3.66. The van der Waals surface area contributed by atoms with E-state index in [9.17, 15) is 28.8 Å².